The Balaban J connectivity index is 1.80. The van der Waals surface area contributed by atoms with E-state index in [1.165, 1.54) is 0 Å². The van der Waals surface area contributed by atoms with Crippen LogP contribution < -0.4 is 4.90 Å². The lowest BCUT2D eigenvalue weighted by molar-refractivity contribution is -0.124. The SMILES string of the molecule is CS[C@H]1C(=O)N(c2ccc(Cl)cc2)C1(/C=C/c1ccccc1)/C=C/c1ccccc1. The number of benzene rings is 3. The van der Waals surface area contributed by atoms with E-state index in [2.05, 4.69) is 48.6 Å². The van der Waals surface area contributed by atoms with Gasteiger partial charge in [-0.1, -0.05) is 96.6 Å². The predicted octanol–water partition coefficient (Wildman–Crippen LogP) is 6.58. The van der Waals surface area contributed by atoms with Gasteiger partial charge in [-0.05, 0) is 41.6 Å². The van der Waals surface area contributed by atoms with Crippen LogP contribution >= 0.6 is 23.4 Å². The Labute approximate surface area is 186 Å². The Morgan fingerprint density at radius 1 is 0.833 bits per heavy atom. The Hall–Kier alpha value is -2.75. The van der Waals surface area contributed by atoms with Crippen LogP contribution in [0.25, 0.3) is 12.2 Å². The van der Waals surface area contributed by atoms with Crippen molar-refractivity contribution in [3.05, 3.63) is 113 Å². The third-order valence-corrected chi connectivity index (χ3v) is 6.56. The van der Waals surface area contributed by atoms with Gasteiger partial charge in [0.15, 0.2) is 0 Å². The average Bonchev–Trinajstić information content (AvgIpc) is 2.78. The molecule has 0 unspecified atom stereocenters. The molecule has 1 aliphatic rings. The summed E-state index contributed by atoms with van der Waals surface area (Å²) in [6.45, 7) is 0. The van der Waals surface area contributed by atoms with Crippen molar-refractivity contribution >= 4 is 47.1 Å². The molecule has 0 aromatic heterocycles. The van der Waals surface area contributed by atoms with Crippen molar-refractivity contribution in [3.63, 3.8) is 0 Å². The largest absolute Gasteiger partial charge is 0.297 e. The Morgan fingerprint density at radius 3 is 1.80 bits per heavy atom. The molecule has 1 heterocycles. The summed E-state index contributed by atoms with van der Waals surface area (Å²) in [4.78, 5) is 15.0. The second kappa shape index (κ2) is 8.95. The van der Waals surface area contributed by atoms with Crippen LogP contribution in [0.4, 0.5) is 5.69 Å². The molecular weight excluding hydrogens is 410 g/mol. The van der Waals surface area contributed by atoms with Gasteiger partial charge in [-0.3, -0.25) is 9.69 Å². The van der Waals surface area contributed by atoms with E-state index in [0.717, 1.165) is 16.8 Å². The van der Waals surface area contributed by atoms with Gasteiger partial charge < -0.3 is 0 Å². The highest BCUT2D eigenvalue weighted by molar-refractivity contribution is 8.00. The average molecular weight is 432 g/mol. The monoisotopic (exact) mass is 431 g/mol. The minimum Gasteiger partial charge on any atom is -0.297 e. The first-order chi connectivity index (χ1) is 14.6. The van der Waals surface area contributed by atoms with Gasteiger partial charge in [0.25, 0.3) is 0 Å². The Morgan fingerprint density at radius 2 is 1.33 bits per heavy atom. The molecule has 0 radical (unpaired) electrons. The predicted molar refractivity (Wildman–Crippen MR) is 130 cm³/mol. The number of halogens is 1. The zero-order valence-corrected chi connectivity index (χ0v) is 18.2. The Kier molecular flexibility index (Phi) is 6.12. The maximum Gasteiger partial charge on any atom is 0.244 e. The van der Waals surface area contributed by atoms with Crippen LogP contribution in [0.5, 0.6) is 0 Å². The maximum absolute atomic E-state index is 13.1. The number of rotatable bonds is 6. The van der Waals surface area contributed by atoms with Gasteiger partial charge in [-0.2, -0.15) is 0 Å². The van der Waals surface area contributed by atoms with Crippen LogP contribution in [0, 0.1) is 0 Å². The van der Waals surface area contributed by atoms with E-state index >= 15 is 0 Å². The number of carbonyl (C=O) groups is 1. The van der Waals surface area contributed by atoms with Gasteiger partial charge in [0.2, 0.25) is 5.91 Å². The van der Waals surface area contributed by atoms with Gasteiger partial charge in [-0.25, -0.2) is 0 Å². The molecule has 30 heavy (non-hydrogen) atoms. The number of β-lactam (4-membered cyclic amide) rings is 1. The number of thioether (sulfide) groups is 1. The highest BCUT2D eigenvalue weighted by Gasteiger charge is 2.57. The molecule has 1 saturated heterocycles. The van der Waals surface area contributed by atoms with Crippen LogP contribution in [0.3, 0.4) is 0 Å². The molecule has 0 spiro atoms. The first kappa shape index (κ1) is 20.5. The van der Waals surface area contributed by atoms with E-state index < -0.39 is 5.54 Å². The first-order valence-electron chi connectivity index (χ1n) is 9.75. The van der Waals surface area contributed by atoms with E-state index in [9.17, 15) is 4.79 Å². The van der Waals surface area contributed by atoms with E-state index in [0.29, 0.717) is 5.02 Å². The molecule has 0 saturated carbocycles. The topological polar surface area (TPSA) is 20.3 Å². The van der Waals surface area contributed by atoms with Crippen molar-refractivity contribution in [2.24, 2.45) is 0 Å². The summed E-state index contributed by atoms with van der Waals surface area (Å²) >= 11 is 7.67. The number of anilines is 1. The van der Waals surface area contributed by atoms with Crippen molar-refractivity contribution in [3.8, 4) is 0 Å². The molecule has 3 aromatic carbocycles. The van der Waals surface area contributed by atoms with E-state index in [1.54, 1.807) is 11.8 Å². The van der Waals surface area contributed by atoms with Gasteiger partial charge in [0, 0.05) is 10.7 Å². The summed E-state index contributed by atoms with van der Waals surface area (Å²) in [7, 11) is 0. The zero-order valence-electron chi connectivity index (χ0n) is 16.6. The lowest BCUT2D eigenvalue weighted by atomic mass is 9.80. The van der Waals surface area contributed by atoms with Crippen LogP contribution in [-0.4, -0.2) is 23.0 Å². The molecule has 1 fully saturated rings. The number of hydrogen-bond donors (Lipinski definition) is 0. The molecular formula is C26H22ClNOS. The minimum absolute atomic E-state index is 0.0974. The first-order valence-corrected chi connectivity index (χ1v) is 11.4. The molecule has 2 nitrogen and oxygen atoms in total. The van der Waals surface area contributed by atoms with E-state index in [-0.39, 0.29) is 11.2 Å². The lowest BCUT2D eigenvalue weighted by Crippen LogP contribution is -2.71. The molecule has 4 heteroatoms. The molecule has 1 aliphatic heterocycles. The third kappa shape index (κ3) is 3.96. The van der Waals surface area contributed by atoms with Crippen molar-refractivity contribution in [2.75, 3.05) is 11.2 Å². The van der Waals surface area contributed by atoms with Crippen molar-refractivity contribution in [1.29, 1.82) is 0 Å². The maximum atomic E-state index is 13.1. The zero-order chi connectivity index (χ0) is 21.0. The lowest BCUT2D eigenvalue weighted by Gasteiger charge is -2.54. The standard InChI is InChI=1S/C26H22ClNOS/c1-30-24-25(29)28(23-14-12-22(27)13-15-23)26(24,18-16-20-8-4-2-5-9-20)19-17-21-10-6-3-7-11-21/h2-19,24H,1H3/b18-16+,19-17+/t24-/m0/s1. The summed E-state index contributed by atoms with van der Waals surface area (Å²) in [5.41, 5.74) is 2.46. The van der Waals surface area contributed by atoms with Crippen molar-refractivity contribution < 1.29 is 4.79 Å². The molecule has 0 bridgehead atoms. The number of amides is 1. The molecule has 1 amide bonds. The van der Waals surface area contributed by atoms with Gasteiger partial charge in [-0.15, -0.1) is 11.8 Å². The summed E-state index contributed by atoms with van der Waals surface area (Å²) in [6.07, 6.45) is 10.4. The normalized spacial score (nSPS) is 18.1. The summed E-state index contributed by atoms with van der Waals surface area (Å²) in [6, 6.07) is 27.8. The highest BCUT2D eigenvalue weighted by Crippen LogP contribution is 2.46. The third-order valence-electron chi connectivity index (χ3n) is 5.26. The van der Waals surface area contributed by atoms with Crippen molar-refractivity contribution in [2.45, 2.75) is 10.8 Å². The fourth-order valence-electron chi connectivity index (χ4n) is 3.75. The van der Waals surface area contributed by atoms with Crippen LogP contribution in [0.2, 0.25) is 5.02 Å². The molecule has 150 valence electrons. The van der Waals surface area contributed by atoms with E-state index in [1.807, 2.05) is 71.8 Å². The quantitative estimate of drug-likeness (QED) is 0.410. The van der Waals surface area contributed by atoms with Gasteiger partial charge >= 0.3 is 0 Å². The van der Waals surface area contributed by atoms with Crippen LogP contribution in [-0.2, 0) is 4.79 Å². The molecule has 0 N–H and O–H groups in total. The van der Waals surface area contributed by atoms with Gasteiger partial charge in [0.05, 0.1) is 0 Å². The molecule has 0 aliphatic carbocycles. The second-order valence-corrected chi connectivity index (χ2v) is 8.52. The second-order valence-electron chi connectivity index (χ2n) is 7.14. The number of hydrogen-bond acceptors (Lipinski definition) is 2. The van der Waals surface area contributed by atoms with Gasteiger partial charge in [0.1, 0.15) is 10.8 Å². The molecule has 4 rings (SSSR count). The van der Waals surface area contributed by atoms with Crippen molar-refractivity contribution in [1.82, 2.24) is 0 Å². The summed E-state index contributed by atoms with van der Waals surface area (Å²) < 4.78 is 0. The minimum atomic E-state index is -0.573. The summed E-state index contributed by atoms with van der Waals surface area (Å²) in [5, 5.41) is 0.450. The Bertz CT molecular complexity index is 1010. The van der Waals surface area contributed by atoms with E-state index in [4.69, 9.17) is 11.6 Å². The number of nitrogens with zero attached hydrogens (tertiary/aromatic N) is 1. The fraction of sp³-hybridized carbons (Fsp3) is 0.115. The van der Waals surface area contributed by atoms with Crippen LogP contribution in [0.1, 0.15) is 11.1 Å². The number of carbonyl (C=O) groups excluding carboxylic acids is 1. The smallest absolute Gasteiger partial charge is 0.244 e. The molecule has 3 aromatic rings. The highest BCUT2D eigenvalue weighted by atomic mass is 35.5. The summed E-state index contributed by atoms with van der Waals surface area (Å²) in [5.74, 6) is 0.0974. The molecule has 1 atom stereocenters. The fourth-order valence-corrected chi connectivity index (χ4v) is 4.83. The van der Waals surface area contributed by atoms with Crippen LogP contribution in [0.15, 0.2) is 97.1 Å².